The molecule has 1 aliphatic rings. The molecule has 3 aromatic rings. The van der Waals surface area contributed by atoms with Crippen LogP contribution < -0.4 is 0 Å². The van der Waals surface area contributed by atoms with Crippen LogP contribution in [-0.4, -0.2) is 42.1 Å². The van der Waals surface area contributed by atoms with Gasteiger partial charge in [0.15, 0.2) is 0 Å². The Hall–Kier alpha value is -2.65. The molecule has 0 aliphatic carbocycles. The van der Waals surface area contributed by atoms with Crippen LogP contribution in [0.1, 0.15) is 30.7 Å². The number of thioether (sulfide) groups is 1. The van der Waals surface area contributed by atoms with Crippen LogP contribution in [0.3, 0.4) is 0 Å². The highest BCUT2D eigenvalue weighted by Crippen LogP contribution is 2.35. The van der Waals surface area contributed by atoms with Crippen molar-refractivity contribution in [3.05, 3.63) is 59.0 Å². The fourth-order valence-corrected chi connectivity index (χ4v) is 3.87. The maximum atomic E-state index is 13.2. The third kappa shape index (κ3) is 3.67. The van der Waals surface area contributed by atoms with E-state index in [-0.39, 0.29) is 11.9 Å². The van der Waals surface area contributed by atoms with Gasteiger partial charge in [0.05, 0.1) is 17.2 Å². The second-order valence-corrected chi connectivity index (χ2v) is 8.06. The van der Waals surface area contributed by atoms with E-state index in [0.717, 1.165) is 11.3 Å². The van der Waals surface area contributed by atoms with E-state index in [2.05, 4.69) is 20.6 Å². The third-order valence-corrected chi connectivity index (χ3v) is 5.76. The molecule has 3 heterocycles. The zero-order chi connectivity index (χ0) is 19.7. The summed E-state index contributed by atoms with van der Waals surface area (Å²) in [5, 5.41) is 18.3. The molecule has 0 radical (unpaired) electrons. The minimum absolute atomic E-state index is 0.140. The first kappa shape index (κ1) is 18.7. The SMILES string of the molecule is C[C@@H](Sc1nnnn1C)C(=O)N1N=C(c2ccc(Cl)cc2)C[C@H]1c1ccco1. The van der Waals surface area contributed by atoms with Crippen molar-refractivity contribution in [2.24, 2.45) is 12.1 Å². The monoisotopic (exact) mass is 416 g/mol. The van der Waals surface area contributed by atoms with Crippen molar-refractivity contribution in [1.82, 2.24) is 25.2 Å². The molecule has 4 rings (SSSR count). The van der Waals surface area contributed by atoms with Crippen molar-refractivity contribution in [2.45, 2.75) is 29.8 Å². The fraction of sp³-hybridized carbons (Fsp3) is 0.278. The Labute approximate surface area is 170 Å². The number of nitrogens with zero attached hydrogens (tertiary/aromatic N) is 6. The van der Waals surface area contributed by atoms with Crippen molar-refractivity contribution in [1.29, 1.82) is 0 Å². The molecule has 0 bridgehead atoms. The van der Waals surface area contributed by atoms with Crippen LogP contribution in [0.2, 0.25) is 5.02 Å². The number of hydrogen-bond acceptors (Lipinski definition) is 7. The molecule has 10 heteroatoms. The first-order valence-electron chi connectivity index (χ1n) is 8.62. The number of carbonyl (C=O) groups excluding carboxylic acids is 1. The number of aromatic nitrogens is 4. The summed E-state index contributed by atoms with van der Waals surface area (Å²) in [4.78, 5) is 13.2. The Morgan fingerprint density at radius 1 is 1.32 bits per heavy atom. The van der Waals surface area contributed by atoms with Crippen LogP contribution in [0.4, 0.5) is 0 Å². The van der Waals surface area contributed by atoms with Gasteiger partial charge in [-0.25, -0.2) is 9.69 Å². The summed E-state index contributed by atoms with van der Waals surface area (Å²) in [6, 6.07) is 10.8. The van der Waals surface area contributed by atoms with Crippen molar-refractivity contribution in [2.75, 3.05) is 0 Å². The average Bonchev–Trinajstić information content (AvgIpc) is 3.43. The molecule has 8 nitrogen and oxygen atoms in total. The number of benzene rings is 1. The number of hydrazone groups is 1. The van der Waals surface area contributed by atoms with E-state index in [1.807, 2.05) is 43.3 Å². The van der Waals surface area contributed by atoms with Gasteiger partial charge >= 0.3 is 0 Å². The minimum atomic E-state index is -0.421. The van der Waals surface area contributed by atoms with E-state index < -0.39 is 5.25 Å². The van der Waals surface area contributed by atoms with Gasteiger partial charge in [-0.1, -0.05) is 35.5 Å². The number of tetrazole rings is 1. The van der Waals surface area contributed by atoms with Crippen molar-refractivity contribution in [3.63, 3.8) is 0 Å². The summed E-state index contributed by atoms with van der Waals surface area (Å²) in [7, 11) is 1.73. The third-order valence-electron chi connectivity index (χ3n) is 4.40. The van der Waals surface area contributed by atoms with Gasteiger partial charge in [-0.15, -0.1) is 5.10 Å². The average molecular weight is 417 g/mol. The van der Waals surface area contributed by atoms with Gasteiger partial charge < -0.3 is 4.42 Å². The molecule has 0 saturated heterocycles. The van der Waals surface area contributed by atoms with Crippen LogP contribution in [0.25, 0.3) is 0 Å². The highest BCUT2D eigenvalue weighted by molar-refractivity contribution is 8.00. The predicted octanol–water partition coefficient (Wildman–Crippen LogP) is 3.32. The molecule has 0 unspecified atom stereocenters. The van der Waals surface area contributed by atoms with Gasteiger partial charge in [0.2, 0.25) is 5.16 Å². The quantitative estimate of drug-likeness (QED) is 0.593. The Balaban J connectivity index is 1.61. The van der Waals surface area contributed by atoms with E-state index in [9.17, 15) is 4.79 Å². The topological polar surface area (TPSA) is 89.4 Å². The molecule has 1 aliphatic heterocycles. The van der Waals surface area contributed by atoms with Gasteiger partial charge in [-0.3, -0.25) is 4.79 Å². The van der Waals surface area contributed by atoms with E-state index in [4.69, 9.17) is 16.0 Å². The Bertz CT molecular complexity index is 1000. The number of carbonyl (C=O) groups is 1. The molecule has 0 N–H and O–H groups in total. The van der Waals surface area contributed by atoms with Crippen molar-refractivity contribution >= 4 is 35.0 Å². The highest BCUT2D eigenvalue weighted by atomic mass is 35.5. The summed E-state index contributed by atoms with van der Waals surface area (Å²) in [6.45, 7) is 1.82. The Morgan fingerprint density at radius 3 is 2.75 bits per heavy atom. The number of halogens is 1. The summed E-state index contributed by atoms with van der Waals surface area (Å²) in [5.74, 6) is 0.553. The molecule has 1 amide bonds. The molecule has 2 atom stereocenters. The molecule has 0 fully saturated rings. The minimum Gasteiger partial charge on any atom is -0.467 e. The predicted molar refractivity (Wildman–Crippen MR) is 105 cm³/mol. The Kier molecular flexibility index (Phi) is 5.19. The zero-order valence-corrected chi connectivity index (χ0v) is 16.8. The van der Waals surface area contributed by atoms with E-state index in [0.29, 0.717) is 22.4 Å². The van der Waals surface area contributed by atoms with Crippen LogP contribution >= 0.6 is 23.4 Å². The molecule has 1 aromatic carbocycles. The highest BCUT2D eigenvalue weighted by Gasteiger charge is 2.37. The number of hydrogen-bond donors (Lipinski definition) is 0. The van der Waals surface area contributed by atoms with Gasteiger partial charge in [0.25, 0.3) is 5.91 Å². The molecule has 0 saturated carbocycles. The van der Waals surface area contributed by atoms with E-state index >= 15 is 0 Å². The molecule has 2 aromatic heterocycles. The van der Waals surface area contributed by atoms with Gasteiger partial charge in [-0.2, -0.15) is 5.10 Å². The fourth-order valence-electron chi connectivity index (χ4n) is 2.95. The maximum absolute atomic E-state index is 13.2. The smallest absolute Gasteiger partial charge is 0.256 e. The maximum Gasteiger partial charge on any atom is 0.256 e. The zero-order valence-electron chi connectivity index (χ0n) is 15.2. The van der Waals surface area contributed by atoms with Crippen LogP contribution in [0.5, 0.6) is 0 Å². The van der Waals surface area contributed by atoms with Crippen LogP contribution in [0, 0.1) is 0 Å². The number of aryl methyl sites for hydroxylation is 1. The van der Waals surface area contributed by atoms with Gasteiger partial charge in [-0.05, 0) is 47.2 Å². The van der Waals surface area contributed by atoms with Gasteiger partial charge in [0.1, 0.15) is 11.8 Å². The van der Waals surface area contributed by atoms with Crippen LogP contribution in [-0.2, 0) is 11.8 Å². The summed E-state index contributed by atoms with van der Waals surface area (Å²) < 4.78 is 7.11. The molecular weight excluding hydrogens is 400 g/mol. The molecule has 144 valence electrons. The summed E-state index contributed by atoms with van der Waals surface area (Å²) in [6.07, 6.45) is 2.16. The molecular formula is C18H17ClN6O2S. The molecule has 0 spiro atoms. The normalized spacial score (nSPS) is 17.6. The lowest BCUT2D eigenvalue weighted by Crippen LogP contribution is -2.33. The van der Waals surface area contributed by atoms with Crippen molar-refractivity contribution < 1.29 is 9.21 Å². The lowest BCUT2D eigenvalue weighted by Gasteiger charge is -2.22. The largest absolute Gasteiger partial charge is 0.467 e. The van der Waals surface area contributed by atoms with E-state index in [1.54, 1.807) is 13.3 Å². The summed E-state index contributed by atoms with van der Waals surface area (Å²) in [5.41, 5.74) is 1.73. The number of furan rings is 1. The van der Waals surface area contributed by atoms with Crippen LogP contribution in [0.15, 0.2) is 57.3 Å². The number of amides is 1. The first-order chi connectivity index (χ1) is 13.5. The second-order valence-electron chi connectivity index (χ2n) is 6.32. The Morgan fingerprint density at radius 2 is 2.11 bits per heavy atom. The standard InChI is InChI=1S/C18H17ClN6O2S/c1-11(28-18-20-22-23-24(18)2)17(26)25-15(16-4-3-9-27-16)10-14(21-25)12-5-7-13(19)8-6-12/h3-9,11,15H,10H2,1-2H3/t11-,15+/m1/s1. The second kappa shape index (κ2) is 7.76. The first-order valence-corrected chi connectivity index (χ1v) is 9.87. The van der Waals surface area contributed by atoms with Gasteiger partial charge in [0, 0.05) is 18.5 Å². The van der Waals surface area contributed by atoms with Crippen molar-refractivity contribution in [3.8, 4) is 0 Å². The van der Waals surface area contributed by atoms with E-state index in [1.165, 1.54) is 21.5 Å². The lowest BCUT2D eigenvalue weighted by atomic mass is 10.0. The summed E-state index contributed by atoms with van der Waals surface area (Å²) >= 11 is 7.28. The molecule has 28 heavy (non-hydrogen) atoms. The number of rotatable bonds is 5. The lowest BCUT2D eigenvalue weighted by molar-refractivity contribution is -0.132.